The zero-order chi connectivity index (χ0) is 14.8. The summed E-state index contributed by atoms with van der Waals surface area (Å²) in [5, 5.41) is 0.895. The lowest BCUT2D eigenvalue weighted by Crippen LogP contribution is -2.05. The first kappa shape index (κ1) is 13.9. The molecule has 3 nitrogen and oxygen atoms in total. The lowest BCUT2D eigenvalue weighted by molar-refractivity contribution is 0.0528. The molecule has 106 valence electrons. The van der Waals surface area contributed by atoms with Crippen molar-refractivity contribution >= 4 is 32.8 Å². The van der Waals surface area contributed by atoms with Gasteiger partial charge in [0, 0.05) is 16.1 Å². The van der Waals surface area contributed by atoms with Gasteiger partial charge in [0.2, 0.25) is 0 Å². The number of carbonyl (C=O) groups is 1. The molecule has 0 spiro atoms. The number of aromatic nitrogens is 1. The number of para-hydroxylation sites is 1. The molecule has 0 unspecified atom stereocenters. The number of rotatable bonds is 3. The number of hydrogen-bond acceptors (Lipinski definition) is 2. The highest BCUT2D eigenvalue weighted by Gasteiger charge is 2.14. The average Bonchev–Trinajstić information content (AvgIpc) is 2.91. The molecular weight excluding hydrogens is 330 g/mol. The molecule has 1 heterocycles. The largest absolute Gasteiger partial charge is 0.462 e. The van der Waals surface area contributed by atoms with Crippen molar-refractivity contribution in [2.45, 2.75) is 6.92 Å². The highest BCUT2D eigenvalue weighted by atomic mass is 79.9. The number of nitrogens with zero attached hydrogens (tertiary/aromatic N) is 1. The molecule has 3 aromatic rings. The van der Waals surface area contributed by atoms with Crippen molar-refractivity contribution in [3.8, 4) is 5.69 Å². The van der Waals surface area contributed by atoms with Crippen LogP contribution < -0.4 is 0 Å². The molecule has 0 aliphatic heterocycles. The lowest BCUT2D eigenvalue weighted by atomic mass is 10.1. The summed E-state index contributed by atoms with van der Waals surface area (Å²) in [5.41, 5.74) is 2.61. The monoisotopic (exact) mass is 343 g/mol. The molecule has 0 amide bonds. The molecule has 21 heavy (non-hydrogen) atoms. The number of ether oxygens (including phenoxy) is 1. The third-order valence-corrected chi connectivity index (χ3v) is 4.01. The third kappa shape index (κ3) is 2.47. The van der Waals surface area contributed by atoms with Gasteiger partial charge in [-0.05, 0) is 53.2 Å². The molecule has 0 atom stereocenters. The van der Waals surface area contributed by atoms with Gasteiger partial charge in [0.25, 0.3) is 0 Å². The van der Waals surface area contributed by atoms with Gasteiger partial charge in [-0.1, -0.05) is 18.2 Å². The summed E-state index contributed by atoms with van der Waals surface area (Å²) in [6.07, 6.45) is 1.97. The SMILES string of the molecule is CCOC(=O)c1cccc2c1ccn2-c1ccccc1Br. The van der Waals surface area contributed by atoms with Crippen molar-refractivity contribution in [3.05, 3.63) is 64.8 Å². The average molecular weight is 344 g/mol. The van der Waals surface area contributed by atoms with Gasteiger partial charge in [0.1, 0.15) is 0 Å². The van der Waals surface area contributed by atoms with E-state index in [9.17, 15) is 4.79 Å². The number of halogens is 1. The van der Waals surface area contributed by atoms with Crippen LogP contribution in [0.3, 0.4) is 0 Å². The van der Waals surface area contributed by atoms with Gasteiger partial charge in [0.05, 0.1) is 23.4 Å². The number of hydrogen-bond donors (Lipinski definition) is 0. The quantitative estimate of drug-likeness (QED) is 0.652. The second-order valence-corrected chi connectivity index (χ2v) is 5.45. The first-order valence-corrected chi connectivity index (χ1v) is 7.53. The first-order chi connectivity index (χ1) is 10.2. The number of fused-ring (bicyclic) bond motifs is 1. The molecule has 0 radical (unpaired) electrons. The molecule has 0 fully saturated rings. The Bertz CT molecular complexity index is 807. The van der Waals surface area contributed by atoms with Crippen LogP contribution in [0, 0.1) is 0 Å². The molecule has 1 aromatic heterocycles. The maximum atomic E-state index is 12.0. The van der Waals surface area contributed by atoms with Crippen LogP contribution >= 0.6 is 15.9 Å². The van der Waals surface area contributed by atoms with E-state index in [2.05, 4.69) is 20.5 Å². The van der Waals surface area contributed by atoms with Gasteiger partial charge in [-0.15, -0.1) is 0 Å². The van der Waals surface area contributed by atoms with Crippen molar-refractivity contribution in [2.75, 3.05) is 6.61 Å². The van der Waals surface area contributed by atoms with Crippen LogP contribution in [-0.2, 0) is 4.74 Å². The zero-order valence-corrected chi connectivity index (χ0v) is 13.1. The molecule has 0 aliphatic carbocycles. The molecule has 4 heteroatoms. The van der Waals surface area contributed by atoms with E-state index in [1.54, 1.807) is 6.07 Å². The van der Waals surface area contributed by atoms with Gasteiger partial charge >= 0.3 is 5.97 Å². The molecule has 0 aliphatic rings. The van der Waals surface area contributed by atoms with E-state index in [1.807, 2.05) is 55.6 Å². The Kier molecular flexibility index (Phi) is 3.80. The molecule has 0 saturated heterocycles. The van der Waals surface area contributed by atoms with E-state index in [0.29, 0.717) is 12.2 Å². The zero-order valence-electron chi connectivity index (χ0n) is 11.5. The van der Waals surface area contributed by atoms with Gasteiger partial charge in [0.15, 0.2) is 0 Å². The minimum absolute atomic E-state index is 0.284. The molecule has 3 rings (SSSR count). The number of esters is 1. The molecule has 0 saturated carbocycles. The first-order valence-electron chi connectivity index (χ1n) is 6.74. The summed E-state index contributed by atoms with van der Waals surface area (Å²) in [6.45, 7) is 2.18. The Balaban J connectivity index is 2.18. The predicted octanol–water partition coefficient (Wildman–Crippen LogP) is 4.57. The summed E-state index contributed by atoms with van der Waals surface area (Å²) in [4.78, 5) is 12.0. The normalized spacial score (nSPS) is 10.8. The van der Waals surface area contributed by atoms with Crippen molar-refractivity contribution in [1.29, 1.82) is 0 Å². The minimum Gasteiger partial charge on any atom is -0.462 e. The minimum atomic E-state index is -0.284. The molecule has 0 N–H and O–H groups in total. The van der Waals surface area contributed by atoms with E-state index in [1.165, 1.54) is 0 Å². The fourth-order valence-electron chi connectivity index (χ4n) is 2.41. The van der Waals surface area contributed by atoms with Crippen LogP contribution in [0.4, 0.5) is 0 Å². The van der Waals surface area contributed by atoms with Crippen LogP contribution in [0.5, 0.6) is 0 Å². The van der Waals surface area contributed by atoms with Gasteiger partial charge in [-0.2, -0.15) is 0 Å². The van der Waals surface area contributed by atoms with Crippen molar-refractivity contribution in [3.63, 3.8) is 0 Å². The number of carbonyl (C=O) groups excluding carboxylic acids is 1. The highest BCUT2D eigenvalue weighted by Crippen LogP contribution is 2.28. The standard InChI is InChI=1S/C17H14BrNO2/c1-2-21-17(20)13-6-5-9-15-12(13)10-11-19(15)16-8-4-3-7-14(16)18/h3-11H,2H2,1H3. The Morgan fingerprint density at radius 3 is 2.71 bits per heavy atom. The van der Waals surface area contributed by atoms with Crippen molar-refractivity contribution in [1.82, 2.24) is 4.57 Å². The van der Waals surface area contributed by atoms with E-state index in [0.717, 1.165) is 21.1 Å². The maximum absolute atomic E-state index is 12.0. The van der Waals surface area contributed by atoms with Gasteiger partial charge in [-0.3, -0.25) is 0 Å². The van der Waals surface area contributed by atoms with Crippen LogP contribution in [0.1, 0.15) is 17.3 Å². The summed E-state index contributed by atoms with van der Waals surface area (Å²) in [7, 11) is 0. The van der Waals surface area contributed by atoms with Crippen LogP contribution in [0.2, 0.25) is 0 Å². The van der Waals surface area contributed by atoms with Crippen molar-refractivity contribution < 1.29 is 9.53 Å². The fraction of sp³-hybridized carbons (Fsp3) is 0.118. The van der Waals surface area contributed by atoms with Crippen LogP contribution in [-0.4, -0.2) is 17.1 Å². The summed E-state index contributed by atoms with van der Waals surface area (Å²) >= 11 is 3.56. The molecular formula is C17H14BrNO2. The molecule has 0 bridgehead atoms. The third-order valence-electron chi connectivity index (χ3n) is 3.34. The predicted molar refractivity (Wildman–Crippen MR) is 86.9 cm³/mol. The maximum Gasteiger partial charge on any atom is 0.338 e. The van der Waals surface area contributed by atoms with Gasteiger partial charge in [-0.25, -0.2) is 4.79 Å². The van der Waals surface area contributed by atoms with Gasteiger partial charge < -0.3 is 9.30 Å². The van der Waals surface area contributed by atoms with Crippen LogP contribution in [0.15, 0.2) is 59.2 Å². The Hall–Kier alpha value is -2.07. The summed E-state index contributed by atoms with van der Waals surface area (Å²) in [6, 6.07) is 15.6. The second kappa shape index (κ2) is 5.74. The van der Waals surface area contributed by atoms with E-state index >= 15 is 0 Å². The second-order valence-electron chi connectivity index (χ2n) is 4.60. The smallest absolute Gasteiger partial charge is 0.338 e. The Morgan fingerprint density at radius 2 is 1.95 bits per heavy atom. The summed E-state index contributed by atoms with van der Waals surface area (Å²) < 4.78 is 8.18. The fourth-order valence-corrected chi connectivity index (χ4v) is 2.89. The van der Waals surface area contributed by atoms with E-state index in [-0.39, 0.29) is 5.97 Å². The summed E-state index contributed by atoms with van der Waals surface area (Å²) in [5.74, 6) is -0.284. The topological polar surface area (TPSA) is 31.2 Å². The van der Waals surface area contributed by atoms with E-state index in [4.69, 9.17) is 4.74 Å². The lowest BCUT2D eigenvalue weighted by Gasteiger charge is -2.09. The highest BCUT2D eigenvalue weighted by molar-refractivity contribution is 9.10. The van der Waals surface area contributed by atoms with Crippen molar-refractivity contribution in [2.24, 2.45) is 0 Å². The Labute approximate surface area is 131 Å². The molecule has 2 aromatic carbocycles. The Morgan fingerprint density at radius 1 is 1.14 bits per heavy atom. The van der Waals surface area contributed by atoms with Crippen LogP contribution in [0.25, 0.3) is 16.6 Å². The van der Waals surface area contributed by atoms with E-state index < -0.39 is 0 Å². The number of benzene rings is 2.